The number of carbonyl (C=O) groups is 1. The van der Waals surface area contributed by atoms with Gasteiger partial charge in [-0.25, -0.2) is 9.18 Å². The van der Waals surface area contributed by atoms with Crippen LogP contribution in [0.15, 0.2) is 10.5 Å². The van der Waals surface area contributed by atoms with Crippen molar-refractivity contribution in [2.45, 2.75) is 32.4 Å². The Kier molecular flexibility index (Phi) is 5.98. The molecular formula is C17H22BrFN4O3. The molecule has 3 N–H and O–H groups in total. The van der Waals surface area contributed by atoms with E-state index in [1.165, 1.54) is 11.0 Å². The van der Waals surface area contributed by atoms with Crippen LogP contribution in [0.2, 0.25) is 0 Å². The Balaban J connectivity index is 2.27. The van der Waals surface area contributed by atoms with E-state index in [2.05, 4.69) is 15.9 Å². The van der Waals surface area contributed by atoms with E-state index in [0.29, 0.717) is 11.0 Å². The number of halogens is 2. The number of aliphatic hydroxyl groups is 1. The number of amides is 1. The predicted octanol–water partition coefficient (Wildman–Crippen LogP) is 2.46. The third kappa shape index (κ3) is 4.19. The summed E-state index contributed by atoms with van der Waals surface area (Å²) < 4.78 is 20.5. The topological polar surface area (TPSA) is 103 Å². The SMILES string of the molecule is CC(C)(C)OC(=O)N1CCN(c2c(Br)cc(N)c(C#N)c2F)C[C@H]1CO. The molecule has 2 rings (SSSR count). The highest BCUT2D eigenvalue weighted by Crippen LogP contribution is 2.36. The average Bonchev–Trinajstić information content (AvgIpc) is 2.52. The zero-order chi connectivity index (χ0) is 19.6. The number of nitrogens with two attached hydrogens (primary N) is 1. The molecule has 1 aromatic rings. The second-order valence-electron chi connectivity index (χ2n) is 7.05. The maximum absolute atomic E-state index is 14.7. The summed E-state index contributed by atoms with van der Waals surface area (Å²) in [5.41, 5.74) is 5.05. The molecule has 0 radical (unpaired) electrons. The van der Waals surface area contributed by atoms with Crippen LogP contribution in [0.25, 0.3) is 0 Å². The van der Waals surface area contributed by atoms with Gasteiger partial charge in [0.25, 0.3) is 0 Å². The number of nitrogens with zero attached hydrogens (tertiary/aromatic N) is 3. The predicted molar refractivity (Wildman–Crippen MR) is 99.3 cm³/mol. The highest BCUT2D eigenvalue weighted by atomic mass is 79.9. The molecule has 1 saturated heterocycles. The Morgan fingerprint density at radius 2 is 2.19 bits per heavy atom. The molecule has 0 aliphatic carbocycles. The average molecular weight is 429 g/mol. The minimum absolute atomic E-state index is 0.0479. The molecule has 0 saturated carbocycles. The van der Waals surface area contributed by atoms with E-state index in [1.54, 1.807) is 31.7 Å². The van der Waals surface area contributed by atoms with E-state index in [0.717, 1.165) is 0 Å². The summed E-state index contributed by atoms with van der Waals surface area (Å²) in [7, 11) is 0. The number of hydrogen-bond acceptors (Lipinski definition) is 6. The van der Waals surface area contributed by atoms with Crippen molar-refractivity contribution in [3.8, 4) is 6.07 Å². The number of anilines is 2. The molecule has 1 amide bonds. The lowest BCUT2D eigenvalue weighted by molar-refractivity contribution is 0.00701. The van der Waals surface area contributed by atoms with Gasteiger partial charge in [-0.2, -0.15) is 5.26 Å². The van der Waals surface area contributed by atoms with Gasteiger partial charge in [-0.3, -0.25) is 4.90 Å². The van der Waals surface area contributed by atoms with Gasteiger partial charge in [0.1, 0.15) is 17.2 Å². The molecule has 0 spiro atoms. The minimum Gasteiger partial charge on any atom is -0.444 e. The first-order chi connectivity index (χ1) is 12.1. The number of carbonyl (C=O) groups excluding carboxylic acids is 1. The quantitative estimate of drug-likeness (QED) is 0.701. The summed E-state index contributed by atoms with van der Waals surface area (Å²) in [6, 6.07) is 2.68. The maximum Gasteiger partial charge on any atom is 0.410 e. The van der Waals surface area contributed by atoms with E-state index in [4.69, 9.17) is 15.7 Å². The number of nitriles is 1. The van der Waals surface area contributed by atoms with Crippen LogP contribution >= 0.6 is 15.9 Å². The lowest BCUT2D eigenvalue weighted by Crippen LogP contribution is -2.57. The number of benzene rings is 1. The highest BCUT2D eigenvalue weighted by Gasteiger charge is 2.35. The Morgan fingerprint density at radius 3 is 2.73 bits per heavy atom. The van der Waals surface area contributed by atoms with Crippen LogP contribution in [0, 0.1) is 17.1 Å². The van der Waals surface area contributed by atoms with Gasteiger partial charge in [0, 0.05) is 24.1 Å². The smallest absolute Gasteiger partial charge is 0.410 e. The molecule has 0 bridgehead atoms. The van der Waals surface area contributed by atoms with Crippen LogP contribution in [-0.2, 0) is 4.74 Å². The van der Waals surface area contributed by atoms with Crippen LogP contribution < -0.4 is 10.6 Å². The molecule has 0 unspecified atom stereocenters. The second-order valence-corrected chi connectivity index (χ2v) is 7.91. The molecule has 1 fully saturated rings. The molecular weight excluding hydrogens is 407 g/mol. The Labute approximate surface area is 160 Å². The Bertz CT molecular complexity index is 745. The second kappa shape index (κ2) is 7.68. The van der Waals surface area contributed by atoms with E-state index in [-0.39, 0.29) is 36.6 Å². The number of ether oxygens (including phenoxy) is 1. The highest BCUT2D eigenvalue weighted by molar-refractivity contribution is 9.10. The molecule has 1 heterocycles. The van der Waals surface area contributed by atoms with Crippen LogP contribution in [0.3, 0.4) is 0 Å². The van der Waals surface area contributed by atoms with Crippen molar-refractivity contribution in [1.29, 1.82) is 5.26 Å². The van der Waals surface area contributed by atoms with E-state index < -0.39 is 23.6 Å². The van der Waals surface area contributed by atoms with Crippen LogP contribution in [0.1, 0.15) is 26.3 Å². The van der Waals surface area contributed by atoms with Gasteiger partial charge >= 0.3 is 6.09 Å². The Morgan fingerprint density at radius 1 is 1.54 bits per heavy atom. The van der Waals surface area contributed by atoms with E-state index in [9.17, 15) is 14.3 Å². The van der Waals surface area contributed by atoms with Crippen molar-refractivity contribution in [1.82, 2.24) is 4.90 Å². The summed E-state index contributed by atoms with van der Waals surface area (Å²) in [5.74, 6) is -0.721. The van der Waals surface area contributed by atoms with Crippen molar-refractivity contribution in [2.75, 3.05) is 36.9 Å². The summed E-state index contributed by atoms with van der Waals surface area (Å²) in [5, 5.41) is 18.8. The first kappa shape index (κ1) is 20.3. The number of rotatable bonds is 2. The monoisotopic (exact) mass is 428 g/mol. The molecule has 1 aliphatic rings. The van der Waals surface area contributed by atoms with Crippen LogP contribution in [0.5, 0.6) is 0 Å². The van der Waals surface area contributed by atoms with Crippen LogP contribution in [0.4, 0.5) is 20.6 Å². The maximum atomic E-state index is 14.7. The molecule has 26 heavy (non-hydrogen) atoms. The molecule has 1 aromatic carbocycles. The van der Waals surface area contributed by atoms with Crippen molar-refractivity contribution in [3.05, 3.63) is 21.9 Å². The largest absolute Gasteiger partial charge is 0.444 e. The van der Waals surface area contributed by atoms with Crippen LogP contribution in [-0.4, -0.2) is 54.0 Å². The third-order valence-electron chi connectivity index (χ3n) is 3.97. The number of nitrogen functional groups attached to an aromatic ring is 1. The summed E-state index contributed by atoms with van der Waals surface area (Å²) in [6.07, 6.45) is -0.522. The molecule has 142 valence electrons. The van der Waals surface area contributed by atoms with Crippen molar-refractivity contribution in [3.63, 3.8) is 0 Å². The van der Waals surface area contributed by atoms with Crippen molar-refractivity contribution in [2.24, 2.45) is 0 Å². The molecule has 1 atom stereocenters. The zero-order valence-corrected chi connectivity index (χ0v) is 16.5. The normalized spacial score (nSPS) is 17.8. The molecule has 0 aromatic heterocycles. The Hall–Kier alpha value is -2.05. The van der Waals surface area contributed by atoms with Gasteiger partial charge in [-0.05, 0) is 42.8 Å². The lowest BCUT2D eigenvalue weighted by atomic mass is 10.1. The van der Waals surface area contributed by atoms with E-state index in [1.807, 2.05) is 0 Å². The summed E-state index contributed by atoms with van der Waals surface area (Å²) in [4.78, 5) is 15.5. The fraction of sp³-hybridized carbons (Fsp3) is 0.529. The molecule has 1 aliphatic heterocycles. The number of aliphatic hydroxyl groups excluding tert-OH is 1. The lowest BCUT2D eigenvalue weighted by Gasteiger charge is -2.42. The fourth-order valence-corrected chi connectivity index (χ4v) is 3.48. The molecule has 7 nitrogen and oxygen atoms in total. The summed E-state index contributed by atoms with van der Waals surface area (Å²) >= 11 is 3.28. The van der Waals surface area contributed by atoms with Crippen molar-refractivity contribution >= 4 is 33.4 Å². The van der Waals surface area contributed by atoms with Gasteiger partial charge in [0.2, 0.25) is 0 Å². The molecule has 9 heteroatoms. The minimum atomic E-state index is -0.721. The van der Waals surface area contributed by atoms with Crippen molar-refractivity contribution < 1.29 is 19.0 Å². The van der Waals surface area contributed by atoms with Gasteiger partial charge in [0.15, 0.2) is 5.82 Å². The first-order valence-electron chi connectivity index (χ1n) is 8.12. The first-order valence-corrected chi connectivity index (χ1v) is 8.91. The van der Waals surface area contributed by atoms with E-state index >= 15 is 0 Å². The third-order valence-corrected chi connectivity index (χ3v) is 4.58. The van der Waals surface area contributed by atoms with Gasteiger partial charge in [-0.1, -0.05) is 0 Å². The summed E-state index contributed by atoms with van der Waals surface area (Å²) in [6.45, 7) is 5.76. The number of piperazine rings is 1. The number of hydrogen-bond donors (Lipinski definition) is 2. The zero-order valence-electron chi connectivity index (χ0n) is 14.9. The standard InChI is InChI=1S/C17H22BrFN4O3/c1-17(2,3)26-16(25)23-5-4-22(8-10(23)9-24)15-12(18)6-13(21)11(7-20)14(15)19/h6,10,24H,4-5,8-9,21H2,1-3H3/t10-/m0/s1. The van der Waals surface area contributed by atoms with Gasteiger partial charge in [0.05, 0.1) is 24.0 Å². The fourth-order valence-electron chi connectivity index (χ4n) is 2.81. The van der Waals surface area contributed by atoms with Gasteiger partial charge in [-0.15, -0.1) is 0 Å². The van der Waals surface area contributed by atoms with Gasteiger partial charge < -0.3 is 20.5 Å².